The number of amides is 3. The van der Waals surface area contributed by atoms with E-state index in [1.807, 2.05) is 123 Å². The van der Waals surface area contributed by atoms with Crippen LogP contribution in [0.3, 0.4) is 0 Å². The molecule has 0 unspecified atom stereocenters. The number of rotatable bonds is 18. The van der Waals surface area contributed by atoms with E-state index < -0.39 is 5.91 Å². The topological polar surface area (TPSA) is 409 Å². The van der Waals surface area contributed by atoms with Gasteiger partial charge in [0.2, 0.25) is 11.8 Å². The summed E-state index contributed by atoms with van der Waals surface area (Å²) in [5.41, 5.74) is 22.0. The van der Waals surface area contributed by atoms with Crippen molar-refractivity contribution in [1.29, 1.82) is 0 Å². The molecular weight excluding hydrogens is 1520 g/mol. The van der Waals surface area contributed by atoms with Crippen molar-refractivity contribution in [2.24, 2.45) is 31.1 Å². The lowest BCUT2D eigenvalue weighted by molar-refractivity contribution is -0.119. The van der Waals surface area contributed by atoms with E-state index in [1.54, 1.807) is 96.3 Å². The third kappa shape index (κ3) is 19.5. The number of hydrogen-bond donors (Lipinski definition) is 11. The summed E-state index contributed by atoms with van der Waals surface area (Å²) in [7, 11) is 1.48. The van der Waals surface area contributed by atoms with Gasteiger partial charge in [-0.1, -0.05) is 117 Å². The summed E-state index contributed by atoms with van der Waals surface area (Å²) in [6.07, 6.45) is 11.1. The van der Waals surface area contributed by atoms with Crippen LogP contribution < -0.4 is 52.7 Å². The van der Waals surface area contributed by atoms with Crippen LogP contribution in [0, 0.1) is 6.92 Å². The number of methoxy groups -OCH3 is 1. The van der Waals surface area contributed by atoms with Gasteiger partial charge in [-0.15, -0.1) is 0 Å². The molecule has 28 nitrogen and oxygen atoms in total. The number of aromatic hydroxyl groups is 6. The number of phenolic OH excluding ortho intramolecular Hbond substituents is 5. The number of pyridine rings is 2. The molecular formula is C89H86N14O14S. The molecule has 0 bridgehead atoms. The summed E-state index contributed by atoms with van der Waals surface area (Å²) in [5, 5.41) is 73.6. The van der Waals surface area contributed by atoms with Gasteiger partial charge >= 0.3 is 5.91 Å². The van der Waals surface area contributed by atoms with Crippen LogP contribution in [0.1, 0.15) is 116 Å². The Labute approximate surface area is 680 Å². The summed E-state index contributed by atoms with van der Waals surface area (Å²) in [4.78, 5) is 78.7. The number of nitrogens with two attached hydrogens (primary N) is 1. The number of carbonyl (C=O) groups is 3. The summed E-state index contributed by atoms with van der Waals surface area (Å²) < 4.78 is 19.8. The first-order valence-electron chi connectivity index (χ1n) is 37.1. The molecule has 16 rings (SSSR count). The number of phenols is 5. The Kier molecular flexibility index (Phi) is 27.6. The normalized spacial score (nSPS) is 12.9. The van der Waals surface area contributed by atoms with Crippen LogP contribution in [0.15, 0.2) is 251 Å². The van der Waals surface area contributed by atoms with E-state index in [0.29, 0.717) is 104 Å². The zero-order valence-corrected chi connectivity index (χ0v) is 65.2. The molecule has 0 saturated heterocycles. The second-order valence-corrected chi connectivity index (χ2v) is 27.6. The zero-order chi connectivity index (χ0) is 82.8. The molecule has 0 fully saturated rings. The Balaban J connectivity index is 0.000000144. The van der Waals surface area contributed by atoms with Gasteiger partial charge in [0, 0.05) is 51.4 Å². The number of benzene rings is 8. The van der Waals surface area contributed by atoms with Crippen molar-refractivity contribution in [2.75, 3.05) is 32.2 Å². The smallest absolute Gasteiger partial charge is 0.300 e. The third-order valence-corrected chi connectivity index (χ3v) is 19.7. The maximum absolute atomic E-state index is 12.8. The number of thiazole rings is 1. The number of hydrazine groups is 1. The largest absolute Gasteiger partial charge is 0.508 e. The van der Waals surface area contributed by atoms with Crippen molar-refractivity contribution in [1.82, 2.24) is 35.2 Å². The highest BCUT2D eigenvalue weighted by molar-refractivity contribution is 7.15. The Hall–Kier alpha value is -14.8. The number of nitrogen functional groups attached to an aromatic ring is 1. The molecule has 2 aliphatic heterocycles. The Morgan fingerprint density at radius 3 is 2.21 bits per heavy atom. The molecule has 7 heterocycles. The van der Waals surface area contributed by atoms with Crippen molar-refractivity contribution < 1.29 is 58.9 Å². The average Bonchev–Trinajstić information content (AvgIpc) is 1.69. The molecule has 118 heavy (non-hydrogen) atoms. The number of nitrogens with zero attached hydrogens (tertiary/aromatic N) is 9. The first-order chi connectivity index (χ1) is 56.6. The van der Waals surface area contributed by atoms with Gasteiger partial charge in [0.05, 0.1) is 83.0 Å². The van der Waals surface area contributed by atoms with Crippen LogP contribution in [0.5, 0.6) is 46.1 Å². The number of carbonyl (C=O) groups excluding carboxylic acids is 3. The molecule has 0 spiro atoms. The van der Waals surface area contributed by atoms with Crippen LogP contribution in [0.25, 0.3) is 55.0 Å². The van der Waals surface area contributed by atoms with E-state index in [9.17, 15) is 54.6 Å². The monoisotopic (exact) mass is 1610 g/mol. The van der Waals surface area contributed by atoms with E-state index in [4.69, 9.17) is 19.7 Å². The fraction of sp³-hybridized carbons (Fsp3) is 0.169. The molecule has 12 N–H and O–H groups in total. The molecule has 1 aliphatic carbocycles. The lowest BCUT2D eigenvalue weighted by Gasteiger charge is -2.13. The number of imidazole rings is 1. The number of fused-ring (bicyclic) bond motifs is 5. The van der Waals surface area contributed by atoms with Gasteiger partial charge in [-0.05, 0) is 190 Å². The van der Waals surface area contributed by atoms with Gasteiger partial charge in [-0.3, -0.25) is 44.8 Å². The number of nitrogens with one attached hydrogen (secondary N) is 4. The SMILES string of the molecule is C.CC(=O)NN=Cc1c(O)n(-c2ccccc2)c(=O)c2ccccc12.CCCc1cc(C2=NCC=C2c2ccc(C(=O)NN)o2)c(O)cc1O.CCOc1cc(/C=c2\sc3nc4ccccc4n3c2=O)ccc1C.COc1cc(/C(C)=N/NC(=O)C2=NCC3=C2CCC3)ccc1O.Oc1cccc(C=NNc2ccc3ccccc3n2)c1O. The molecule has 3 amide bonds. The van der Waals surface area contributed by atoms with Gasteiger partial charge in [-0.25, -0.2) is 35.6 Å². The maximum atomic E-state index is 12.8. The van der Waals surface area contributed by atoms with Crippen LogP contribution >= 0.6 is 11.3 Å². The van der Waals surface area contributed by atoms with Crippen LogP contribution in [-0.2, 0) is 16.0 Å². The highest BCUT2D eigenvalue weighted by atomic mass is 32.1. The van der Waals surface area contributed by atoms with E-state index in [1.165, 1.54) is 72.2 Å². The standard InChI is InChI=1S/C19H16N2O2S.C18H19N3O4.C18H15N3O3.C17H19N3O3.C16H13N3O2.CH4/c1-3-23-16-10-13(9-8-12(16)2)11-17-18(22)21-15-7-5-4-6-14(15)20-19(21)24-17;1-2-3-10-8-12(14(23)9-13(10)22)17-11(6-7-20-17)15-4-5-16(25-15)18(24)21-19;1-12(22)20-19-11-16-14-9-5-6-10-15(14)17(23)21(18(16)24)13-7-3-2-4-8-13;1-10(11-6-7-14(21)15(8-11)23-2)19-20-17(22)16-13-5-3-4-12(13)9-18-16;20-14-7-3-5-12(16(14)21)10-17-19-15-9-8-11-4-1-2-6-13(11)18-15;/h4-11H,3H2,1-2H3;4-6,8-9,22-23H,2-3,7,19H2,1H3,(H,21,24);2-11,24H,1H3,(H,20,22);6-8,21H,3-5,9H2,1-2H3,(H,20,22);1-10,20-21H,(H,18,19);1H4/b17-11-;;;19-10+;;. The molecule has 29 heteroatoms. The van der Waals surface area contributed by atoms with Gasteiger partial charge in [-0.2, -0.15) is 15.3 Å². The van der Waals surface area contributed by atoms with Gasteiger partial charge in [0.15, 0.2) is 33.7 Å². The maximum Gasteiger partial charge on any atom is 0.300 e. The van der Waals surface area contributed by atoms with E-state index in [-0.39, 0.29) is 70.7 Å². The number of aromatic nitrogens is 4. The Morgan fingerprint density at radius 1 is 0.695 bits per heavy atom. The molecule has 5 aromatic heterocycles. The lowest BCUT2D eigenvalue weighted by atomic mass is 9.97. The second-order valence-electron chi connectivity index (χ2n) is 26.6. The highest BCUT2D eigenvalue weighted by Gasteiger charge is 2.29. The van der Waals surface area contributed by atoms with Crippen LogP contribution in [0.2, 0.25) is 0 Å². The quantitative estimate of drug-likeness (QED) is 0.0125. The van der Waals surface area contributed by atoms with E-state index in [2.05, 4.69) is 51.5 Å². The molecule has 3 aliphatic rings. The average molecular weight is 1610 g/mol. The van der Waals surface area contributed by atoms with Crippen LogP contribution in [-0.4, -0.2) is 124 Å². The van der Waals surface area contributed by atoms with Crippen molar-refractivity contribution >= 4 is 114 Å². The van der Waals surface area contributed by atoms with Crippen LogP contribution in [0.4, 0.5) is 5.82 Å². The van der Waals surface area contributed by atoms with Gasteiger partial charge in [0.25, 0.3) is 17.0 Å². The molecule has 0 radical (unpaired) electrons. The van der Waals surface area contributed by atoms with Crippen molar-refractivity contribution in [3.05, 3.63) is 287 Å². The van der Waals surface area contributed by atoms with Crippen molar-refractivity contribution in [3.63, 3.8) is 0 Å². The number of para-hydroxylation sites is 5. The summed E-state index contributed by atoms with van der Waals surface area (Å²) in [6, 6.07) is 56.9. The summed E-state index contributed by atoms with van der Waals surface area (Å²) in [5.74, 6) is 5.81. The Morgan fingerprint density at radius 2 is 1.45 bits per heavy atom. The molecule has 0 atom stereocenters. The predicted octanol–water partition coefficient (Wildman–Crippen LogP) is 13.4. The van der Waals surface area contributed by atoms with E-state index in [0.717, 1.165) is 86.2 Å². The van der Waals surface area contributed by atoms with Gasteiger partial charge < -0.3 is 44.5 Å². The fourth-order valence-electron chi connectivity index (χ4n) is 12.9. The number of hydrazone groups is 3. The summed E-state index contributed by atoms with van der Waals surface area (Å²) >= 11 is 1.41. The number of furan rings is 1. The number of anilines is 1. The van der Waals surface area contributed by atoms with Crippen molar-refractivity contribution in [2.45, 2.75) is 74.1 Å². The zero-order valence-electron chi connectivity index (χ0n) is 64.4. The second kappa shape index (κ2) is 38.8. The fourth-order valence-corrected chi connectivity index (χ4v) is 13.9. The van der Waals surface area contributed by atoms with E-state index >= 15 is 0 Å². The lowest BCUT2D eigenvalue weighted by Crippen LogP contribution is -2.29. The van der Waals surface area contributed by atoms with Gasteiger partial charge in [0.1, 0.15) is 34.5 Å². The molecule has 602 valence electrons. The minimum atomic E-state index is -0.527. The first-order valence-corrected chi connectivity index (χ1v) is 37.9. The van der Waals surface area contributed by atoms with Crippen molar-refractivity contribution in [3.8, 4) is 51.8 Å². The number of hydrogen-bond acceptors (Lipinski definition) is 24. The molecule has 0 saturated carbocycles. The number of aryl methyl sites for hydroxylation is 2. The minimum Gasteiger partial charge on any atom is -0.508 e. The molecule has 13 aromatic rings. The molecule has 8 aromatic carbocycles. The predicted molar refractivity (Wildman–Crippen MR) is 462 cm³/mol. The number of ether oxygens (including phenoxy) is 2. The first kappa shape index (κ1) is 84.1. The Bertz CT molecular complexity index is 6360. The highest BCUT2D eigenvalue weighted by Crippen LogP contribution is 2.37. The number of allylic oxidation sites excluding steroid dienone is 1. The third-order valence-electron chi connectivity index (χ3n) is 18.7. The number of aliphatic imine (C=N–C) groups is 2. The minimum absolute atomic E-state index is 0. The summed E-state index contributed by atoms with van der Waals surface area (Å²) in [6.45, 7) is 10.8.